The number of hydrogen-bond donors (Lipinski definition) is 0. The Kier molecular flexibility index (Phi) is 4.73. The van der Waals surface area contributed by atoms with Crippen molar-refractivity contribution in [1.29, 1.82) is 0 Å². The van der Waals surface area contributed by atoms with E-state index in [1.54, 1.807) is 0 Å². The zero-order valence-corrected chi connectivity index (χ0v) is 12.8. The molecule has 1 saturated heterocycles. The van der Waals surface area contributed by atoms with Gasteiger partial charge >= 0.3 is 0 Å². The Hall–Kier alpha value is -0.870. The van der Waals surface area contributed by atoms with Crippen LogP contribution in [-0.2, 0) is 6.54 Å². The molecule has 1 aliphatic carbocycles. The smallest absolute Gasteiger partial charge is 0.0539 e. The van der Waals surface area contributed by atoms with E-state index in [0.29, 0.717) is 0 Å². The summed E-state index contributed by atoms with van der Waals surface area (Å²) in [6.45, 7) is 10.6. The third kappa shape index (κ3) is 3.61. The number of rotatable bonds is 5. The minimum atomic E-state index is 0.994. The van der Waals surface area contributed by atoms with E-state index in [-0.39, 0.29) is 0 Å². The lowest BCUT2D eigenvalue weighted by atomic mass is 10.1. The summed E-state index contributed by atoms with van der Waals surface area (Å²) in [7, 11) is 0. The summed E-state index contributed by atoms with van der Waals surface area (Å²) in [5, 5.41) is 4.36. The third-order valence-corrected chi connectivity index (χ3v) is 5.01. The van der Waals surface area contributed by atoms with Gasteiger partial charge in [-0.2, -0.15) is 5.10 Å². The summed E-state index contributed by atoms with van der Waals surface area (Å²) in [5.41, 5.74) is 1.27. The second kappa shape index (κ2) is 6.72. The van der Waals surface area contributed by atoms with Gasteiger partial charge in [0.2, 0.25) is 0 Å². The first-order valence-electron chi connectivity index (χ1n) is 8.24. The summed E-state index contributed by atoms with van der Waals surface area (Å²) < 4.78 is 2.12. The van der Waals surface area contributed by atoms with Crippen molar-refractivity contribution in [3.8, 4) is 0 Å². The molecule has 2 fully saturated rings. The number of hydrogen-bond acceptors (Lipinski definition) is 3. The van der Waals surface area contributed by atoms with Crippen LogP contribution in [0.1, 0.15) is 31.4 Å². The second-order valence-corrected chi connectivity index (χ2v) is 6.49. The maximum atomic E-state index is 4.36. The molecule has 0 N–H and O–H groups in total. The molecule has 2 heterocycles. The van der Waals surface area contributed by atoms with Crippen molar-refractivity contribution >= 4 is 0 Å². The molecule has 112 valence electrons. The van der Waals surface area contributed by atoms with Gasteiger partial charge in [0.05, 0.1) is 6.54 Å². The van der Waals surface area contributed by atoms with E-state index in [4.69, 9.17) is 0 Å². The maximum absolute atomic E-state index is 4.36. The second-order valence-electron chi connectivity index (χ2n) is 6.49. The van der Waals surface area contributed by atoms with Gasteiger partial charge in [0, 0.05) is 51.2 Å². The van der Waals surface area contributed by atoms with Crippen LogP contribution in [-0.4, -0.2) is 58.8 Å². The van der Waals surface area contributed by atoms with Crippen LogP contribution >= 0.6 is 0 Å². The van der Waals surface area contributed by atoms with E-state index in [1.165, 1.54) is 64.1 Å². The highest BCUT2D eigenvalue weighted by molar-refractivity contribution is 4.96. The molecule has 1 saturated carbocycles. The van der Waals surface area contributed by atoms with Crippen molar-refractivity contribution in [2.45, 2.75) is 39.2 Å². The SMILES string of the molecule is Cc1ccnn1CCN1CCN(CC2CCCC2)CC1. The Labute approximate surface area is 122 Å². The van der Waals surface area contributed by atoms with Gasteiger partial charge in [0.15, 0.2) is 0 Å². The number of piperazine rings is 1. The Morgan fingerprint density at radius 2 is 1.75 bits per heavy atom. The minimum Gasteiger partial charge on any atom is -0.301 e. The van der Waals surface area contributed by atoms with Gasteiger partial charge in [0.1, 0.15) is 0 Å². The lowest BCUT2D eigenvalue weighted by Crippen LogP contribution is -2.48. The Bertz CT molecular complexity index is 400. The largest absolute Gasteiger partial charge is 0.301 e. The van der Waals surface area contributed by atoms with Gasteiger partial charge in [0.25, 0.3) is 0 Å². The molecular weight excluding hydrogens is 248 g/mol. The summed E-state index contributed by atoms with van der Waals surface area (Å²) >= 11 is 0. The number of aryl methyl sites for hydroxylation is 1. The van der Waals surface area contributed by atoms with Gasteiger partial charge in [-0.05, 0) is 31.7 Å². The number of nitrogens with zero attached hydrogens (tertiary/aromatic N) is 4. The van der Waals surface area contributed by atoms with Crippen LogP contribution in [0, 0.1) is 12.8 Å². The topological polar surface area (TPSA) is 24.3 Å². The zero-order valence-electron chi connectivity index (χ0n) is 12.8. The Morgan fingerprint density at radius 1 is 1.05 bits per heavy atom. The molecule has 3 rings (SSSR count). The molecule has 0 radical (unpaired) electrons. The molecule has 4 heteroatoms. The predicted molar refractivity (Wildman–Crippen MR) is 81.8 cm³/mol. The van der Waals surface area contributed by atoms with E-state index >= 15 is 0 Å². The normalized spacial score (nSPS) is 22.6. The molecule has 0 bridgehead atoms. The van der Waals surface area contributed by atoms with Crippen molar-refractivity contribution in [2.75, 3.05) is 39.3 Å². The average Bonchev–Trinajstić information content (AvgIpc) is 3.10. The Morgan fingerprint density at radius 3 is 2.40 bits per heavy atom. The minimum absolute atomic E-state index is 0.994. The molecule has 20 heavy (non-hydrogen) atoms. The van der Waals surface area contributed by atoms with Gasteiger partial charge in [-0.3, -0.25) is 9.58 Å². The monoisotopic (exact) mass is 276 g/mol. The molecule has 0 atom stereocenters. The first kappa shape index (κ1) is 14.1. The summed E-state index contributed by atoms with van der Waals surface area (Å²) in [5.74, 6) is 0.994. The first-order valence-corrected chi connectivity index (χ1v) is 8.24. The van der Waals surface area contributed by atoms with E-state index in [0.717, 1.165) is 19.0 Å². The zero-order chi connectivity index (χ0) is 13.8. The fourth-order valence-electron chi connectivity index (χ4n) is 3.62. The van der Waals surface area contributed by atoms with Crippen LogP contribution in [0.4, 0.5) is 0 Å². The van der Waals surface area contributed by atoms with Crippen molar-refractivity contribution in [2.24, 2.45) is 5.92 Å². The van der Waals surface area contributed by atoms with Crippen molar-refractivity contribution in [3.63, 3.8) is 0 Å². The van der Waals surface area contributed by atoms with Gasteiger partial charge in [-0.15, -0.1) is 0 Å². The predicted octanol–water partition coefficient (Wildman–Crippen LogP) is 2.00. The lowest BCUT2D eigenvalue weighted by molar-refractivity contribution is 0.114. The highest BCUT2D eigenvalue weighted by Gasteiger charge is 2.22. The van der Waals surface area contributed by atoms with Crippen LogP contribution in [0.5, 0.6) is 0 Å². The quantitative estimate of drug-likeness (QED) is 0.822. The molecule has 0 aromatic carbocycles. The van der Waals surface area contributed by atoms with E-state index in [9.17, 15) is 0 Å². The molecule has 4 nitrogen and oxygen atoms in total. The van der Waals surface area contributed by atoms with E-state index in [2.05, 4.69) is 32.6 Å². The van der Waals surface area contributed by atoms with E-state index in [1.807, 2.05) is 6.20 Å². The third-order valence-electron chi connectivity index (χ3n) is 5.01. The van der Waals surface area contributed by atoms with E-state index < -0.39 is 0 Å². The molecular formula is C16H28N4. The molecule has 1 aromatic heterocycles. The highest BCUT2D eigenvalue weighted by Crippen LogP contribution is 2.25. The van der Waals surface area contributed by atoms with Crippen molar-refractivity contribution < 1.29 is 0 Å². The molecule has 0 unspecified atom stereocenters. The standard InChI is InChI=1S/C16H28N4/c1-15-6-7-17-20(15)13-12-18-8-10-19(11-9-18)14-16-4-2-3-5-16/h6-7,16H,2-5,8-14H2,1H3. The molecule has 2 aliphatic rings. The fraction of sp³-hybridized carbons (Fsp3) is 0.812. The summed E-state index contributed by atoms with van der Waals surface area (Å²) in [6.07, 6.45) is 7.77. The van der Waals surface area contributed by atoms with Crippen LogP contribution in [0.3, 0.4) is 0 Å². The van der Waals surface area contributed by atoms with Crippen LogP contribution in [0.15, 0.2) is 12.3 Å². The molecule has 0 amide bonds. The first-order chi connectivity index (χ1) is 9.81. The highest BCUT2D eigenvalue weighted by atomic mass is 15.3. The average molecular weight is 276 g/mol. The van der Waals surface area contributed by atoms with Crippen molar-refractivity contribution in [3.05, 3.63) is 18.0 Å². The maximum Gasteiger partial charge on any atom is 0.0539 e. The summed E-state index contributed by atoms with van der Waals surface area (Å²) in [6, 6.07) is 2.08. The lowest BCUT2D eigenvalue weighted by Gasteiger charge is -2.35. The van der Waals surface area contributed by atoms with Gasteiger partial charge in [-0.1, -0.05) is 12.8 Å². The fourth-order valence-corrected chi connectivity index (χ4v) is 3.62. The molecule has 1 aromatic rings. The Balaban J connectivity index is 1.36. The molecule has 0 spiro atoms. The molecule has 1 aliphatic heterocycles. The van der Waals surface area contributed by atoms with Crippen LogP contribution in [0.2, 0.25) is 0 Å². The van der Waals surface area contributed by atoms with Gasteiger partial charge < -0.3 is 4.90 Å². The van der Waals surface area contributed by atoms with Gasteiger partial charge in [-0.25, -0.2) is 0 Å². The summed E-state index contributed by atoms with van der Waals surface area (Å²) in [4.78, 5) is 5.28. The van der Waals surface area contributed by atoms with Crippen LogP contribution in [0.25, 0.3) is 0 Å². The van der Waals surface area contributed by atoms with Crippen molar-refractivity contribution in [1.82, 2.24) is 19.6 Å². The number of aromatic nitrogens is 2. The van der Waals surface area contributed by atoms with Crippen LogP contribution < -0.4 is 0 Å².